The predicted octanol–water partition coefficient (Wildman–Crippen LogP) is 5.02. The first kappa shape index (κ1) is 19.0. The minimum absolute atomic E-state index is 0.130. The highest BCUT2D eigenvalue weighted by atomic mass is 32.1. The van der Waals surface area contributed by atoms with Crippen molar-refractivity contribution in [3.63, 3.8) is 0 Å². The molecule has 1 amide bonds. The van der Waals surface area contributed by atoms with Gasteiger partial charge in [0, 0.05) is 22.2 Å². The molecule has 0 saturated heterocycles. The molecule has 3 aromatic carbocycles. The minimum atomic E-state index is -0.555. The molecular formula is C24H17N3O3S. The van der Waals surface area contributed by atoms with Crippen molar-refractivity contribution in [3.8, 4) is 21.8 Å². The normalized spacial score (nSPS) is 11.0. The van der Waals surface area contributed by atoms with Gasteiger partial charge in [0.05, 0.1) is 11.2 Å². The number of benzene rings is 3. The van der Waals surface area contributed by atoms with E-state index in [1.165, 1.54) is 4.57 Å². The first-order valence-corrected chi connectivity index (χ1v) is 10.5. The molecule has 0 unspecified atom stereocenters. The summed E-state index contributed by atoms with van der Waals surface area (Å²) < 4.78 is 6.51. The van der Waals surface area contributed by atoms with Crippen LogP contribution in [0.3, 0.4) is 0 Å². The van der Waals surface area contributed by atoms with Crippen molar-refractivity contribution in [2.24, 2.45) is 0 Å². The van der Waals surface area contributed by atoms with E-state index in [4.69, 9.17) is 9.40 Å². The van der Waals surface area contributed by atoms with Gasteiger partial charge in [-0.2, -0.15) is 0 Å². The molecule has 2 aromatic heterocycles. The Morgan fingerprint density at radius 3 is 2.61 bits per heavy atom. The molecule has 7 heteroatoms. The highest BCUT2D eigenvalue weighted by Gasteiger charge is 2.13. The van der Waals surface area contributed by atoms with Crippen LogP contribution in [0, 0.1) is 0 Å². The summed E-state index contributed by atoms with van der Waals surface area (Å²) in [6, 6.07) is 24.5. The van der Waals surface area contributed by atoms with E-state index in [2.05, 4.69) is 5.32 Å². The minimum Gasteiger partial charge on any atom is -0.408 e. The molecule has 0 fully saturated rings. The Kier molecular flexibility index (Phi) is 4.93. The topological polar surface area (TPSA) is 77.1 Å². The number of nitrogens with zero attached hydrogens (tertiary/aromatic N) is 2. The fourth-order valence-electron chi connectivity index (χ4n) is 3.38. The lowest BCUT2D eigenvalue weighted by molar-refractivity contribution is -0.116. The number of carbonyl (C=O) groups is 1. The van der Waals surface area contributed by atoms with Gasteiger partial charge in [-0.3, -0.25) is 9.36 Å². The number of anilines is 1. The summed E-state index contributed by atoms with van der Waals surface area (Å²) in [6.45, 7) is -0.130. The monoisotopic (exact) mass is 427 g/mol. The summed E-state index contributed by atoms with van der Waals surface area (Å²) in [7, 11) is 0. The first-order valence-electron chi connectivity index (χ1n) is 9.67. The summed E-state index contributed by atoms with van der Waals surface area (Å²) in [5.41, 5.74) is 4.50. The number of para-hydroxylation sites is 2. The smallest absolute Gasteiger partial charge is 0.408 e. The lowest BCUT2D eigenvalue weighted by Gasteiger charge is -2.07. The van der Waals surface area contributed by atoms with Crippen LogP contribution in [0.15, 0.2) is 93.5 Å². The summed E-state index contributed by atoms with van der Waals surface area (Å²) in [4.78, 5) is 29.4. The Balaban J connectivity index is 1.35. The molecule has 6 nitrogen and oxygen atoms in total. The third-order valence-electron chi connectivity index (χ3n) is 4.84. The largest absolute Gasteiger partial charge is 0.420 e. The highest BCUT2D eigenvalue weighted by molar-refractivity contribution is 7.13. The molecule has 1 N–H and O–H groups in total. The van der Waals surface area contributed by atoms with Gasteiger partial charge in [-0.05, 0) is 24.3 Å². The van der Waals surface area contributed by atoms with Gasteiger partial charge in [0.15, 0.2) is 5.58 Å². The molecule has 0 spiro atoms. The van der Waals surface area contributed by atoms with Gasteiger partial charge in [0.2, 0.25) is 5.91 Å². The number of thiazole rings is 1. The van der Waals surface area contributed by atoms with Gasteiger partial charge < -0.3 is 9.73 Å². The van der Waals surface area contributed by atoms with E-state index >= 15 is 0 Å². The van der Waals surface area contributed by atoms with E-state index in [1.807, 2.05) is 60.0 Å². The number of rotatable bonds is 5. The van der Waals surface area contributed by atoms with Gasteiger partial charge >= 0.3 is 5.76 Å². The van der Waals surface area contributed by atoms with E-state index in [0.29, 0.717) is 16.8 Å². The molecule has 0 aliphatic carbocycles. The van der Waals surface area contributed by atoms with Crippen molar-refractivity contribution < 1.29 is 9.21 Å². The molecule has 0 aliphatic heterocycles. The number of hydrogen-bond donors (Lipinski definition) is 1. The predicted molar refractivity (Wildman–Crippen MR) is 122 cm³/mol. The van der Waals surface area contributed by atoms with Crippen LogP contribution in [-0.4, -0.2) is 15.5 Å². The Hall–Kier alpha value is -3.97. The maximum Gasteiger partial charge on any atom is 0.420 e. The maximum atomic E-state index is 12.6. The van der Waals surface area contributed by atoms with Crippen molar-refractivity contribution >= 4 is 34.0 Å². The third-order valence-corrected chi connectivity index (χ3v) is 5.73. The fraction of sp³-hybridized carbons (Fsp3) is 0.0417. The summed E-state index contributed by atoms with van der Waals surface area (Å²) in [5, 5.41) is 5.80. The Morgan fingerprint density at radius 1 is 0.968 bits per heavy atom. The van der Waals surface area contributed by atoms with Crippen molar-refractivity contribution in [3.05, 3.63) is 94.8 Å². The molecule has 0 atom stereocenters. The molecule has 31 heavy (non-hydrogen) atoms. The zero-order chi connectivity index (χ0) is 21.2. The first-order chi connectivity index (χ1) is 15.2. The van der Waals surface area contributed by atoms with Gasteiger partial charge in [-0.1, -0.05) is 54.6 Å². The van der Waals surface area contributed by atoms with E-state index < -0.39 is 5.76 Å². The molecule has 5 rings (SSSR count). The van der Waals surface area contributed by atoms with Crippen LogP contribution in [0.5, 0.6) is 0 Å². The lowest BCUT2D eigenvalue weighted by Crippen LogP contribution is -2.24. The lowest BCUT2D eigenvalue weighted by atomic mass is 10.1. The van der Waals surface area contributed by atoms with Crippen LogP contribution in [-0.2, 0) is 11.3 Å². The molecule has 2 heterocycles. The number of aromatic nitrogens is 2. The van der Waals surface area contributed by atoms with Gasteiger partial charge in [-0.15, -0.1) is 11.3 Å². The zero-order valence-electron chi connectivity index (χ0n) is 16.3. The second-order valence-electron chi connectivity index (χ2n) is 6.95. The van der Waals surface area contributed by atoms with Crippen LogP contribution >= 0.6 is 11.3 Å². The molecule has 0 aliphatic rings. The van der Waals surface area contributed by atoms with E-state index in [0.717, 1.165) is 21.8 Å². The number of carbonyl (C=O) groups excluding carboxylic acids is 1. The van der Waals surface area contributed by atoms with Gasteiger partial charge in [0.1, 0.15) is 11.6 Å². The van der Waals surface area contributed by atoms with E-state index in [-0.39, 0.29) is 12.5 Å². The quantitative estimate of drug-likeness (QED) is 0.427. The Morgan fingerprint density at radius 2 is 1.74 bits per heavy atom. The van der Waals surface area contributed by atoms with Crippen molar-refractivity contribution in [1.82, 2.24) is 9.55 Å². The summed E-state index contributed by atoms with van der Waals surface area (Å²) in [6.07, 6.45) is 0. The number of amides is 1. The highest BCUT2D eigenvalue weighted by Crippen LogP contribution is 2.29. The molecule has 0 bridgehead atoms. The number of oxazole rings is 1. The van der Waals surface area contributed by atoms with E-state index in [9.17, 15) is 9.59 Å². The standard InChI is InChI=1S/C24H17N3O3S/c28-22(14-27-20-11-4-5-12-21(20)30-24(27)29)25-18-10-6-9-17(13-18)19-15-31-23(26-19)16-7-2-1-3-8-16/h1-13,15H,14H2,(H,25,28). The van der Waals surface area contributed by atoms with E-state index in [1.54, 1.807) is 35.6 Å². The van der Waals surface area contributed by atoms with Crippen LogP contribution in [0.1, 0.15) is 0 Å². The average molecular weight is 427 g/mol. The molecule has 152 valence electrons. The van der Waals surface area contributed by atoms with Crippen LogP contribution in [0.4, 0.5) is 5.69 Å². The number of fused-ring (bicyclic) bond motifs is 1. The third kappa shape index (κ3) is 3.91. The average Bonchev–Trinajstić information content (AvgIpc) is 3.40. The van der Waals surface area contributed by atoms with Crippen LogP contribution < -0.4 is 11.1 Å². The summed E-state index contributed by atoms with van der Waals surface area (Å²) >= 11 is 1.58. The zero-order valence-corrected chi connectivity index (χ0v) is 17.1. The molecule has 0 radical (unpaired) electrons. The van der Waals surface area contributed by atoms with Crippen molar-refractivity contribution in [2.75, 3.05) is 5.32 Å². The van der Waals surface area contributed by atoms with Crippen molar-refractivity contribution in [1.29, 1.82) is 0 Å². The Bertz CT molecular complexity index is 1430. The van der Waals surface area contributed by atoms with Gasteiger partial charge in [0.25, 0.3) is 0 Å². The Labute approximate surface area is 181 Å². The molecule has 5 aromatic rings. The van der Waals surface area contributed by atoms with Gasteiger partial charge in [-0.25, -0.2) is 9.78 Å². The summed E-state index contributed by atoms with van der Waals surface area (Å²) in [5.74, 6) is -0.866. The SMILES string of the molecule is O=C(Cn1c(=O)oc2ccccc21)Nc1cccc(-c2csc(-c3ccccc3)n2)c1. The number of nitrogens with one attached hydrogen (secondary N) is 1. The van der Waals surface area contributed by atoms with Crippen LogP contribution in [0.25, 0.3) is 32.9 Å². The second-order valence-corrected chi connectivity index (χ2v) is 7.81. The maximum absolute atomic E-state index is 12.6. The molecule has 0 saturated carbocycles. The number of hydrogen-bond acceptors (Lipinski definition) is 5. The second kappa shape index (κ2) is 8.04. The van der Waals surface area contributed by atoms with Crippen LogP contribution in [0.2, 0.25) is 0 Å². The van der Waals surface area contributed by atoms with Crippen molar-refractivity contribution in [2.45, 2.75) is 6.54 Å². The molecular weight excluding hydrogens is 410 g/mol. The fourth-order valence-corrected chi connectivity index (χ4v) is 4.22.